The Kier molecular flexibility index (Phi) is 5.59. The Labute approximate surface area is 171 Å². The molecule has 0 radical (unpaired) electrons. The summed E-state index contributed by atoms with van der Waals surface area (Å²) in [5.41, 5.74) is 7.02. The molecule has 4 heterocycles. The van der Waals surface area contributed by atoms with E-state index in [0.29, 0.717) is 23.1 Å². The van der Waals surface area contributed by atoms with Gasteiger partial charge in [0.25, 0.3) is 0 Å². The zero-order chi connectivity index (χ0) is 20.7. The largest absolute Gasteiger partial charge is 0.394 e. The van der Waals surface area contributed by atoms with E-state index >= 15 is 0 Å². The van der Waals surface area contributed by atoms with Crippen molar-refractivity contribution in [3.8, 4) is 0 Å². The molecule has 1 fully saturated rings. The van der Waals surface area contributed by atoms with Crippen molar-refractivity contribution in [3.63, 3.8) is 0 Å². The van der Waals surface area contributed by atoms with Crippen LogP contribution in [-0.4, -0.2) is 74.7 Å². The monoisotopic (exact) mass is 424 g/mol. The molecule has 0 bridgehead atoms. The highest BCUT2D eigenvalue weighted by Gasteiger charge is 2.45. The van der Waals surface area contributed by atoms with Gasteiger partial charge in [0.2, 0.25) is 5.16 Å². The average Bonchev–Trinajstić information content (AvgIpc) is 3.38. The van der Waals surface area contributed by atoms with Gasteiger partial charge in [0.05, 0.1) is 12.9 Å². The van der Waals surface area contributed by atoms with Gasteiger partial charge in [-0.2, -0.15) is 0 Å². The summed E-state index contributed by atoms with van der Waals surface area (Å²) >= 11 is 1.33. The fourth-order valence-electron chi connectivity index (χ4n) is 3.37. The van der Waals surface area contributed by atoms with Crippen LogP contribution in [-0.2, 0) is 11.8 Å². The predicted octanol–water partition coefficient (Wildman–Crippen LogP) is -0.567. The Morgan fingerprint density at radius 3 is 2.69 bits per heavy atom. The van der Waals surface area contributed by atoms with Gasteiger partial charge in [0.1, 0.15) is 42.3 Å². The number of hydrogen-bond donors (Lipinski definition) is 4. The van der Waals surface area contributed by atoms with Gasteiger partial charge in [0, 0.05) is 25.4 Å². The second-order valence-corrected chi connectivity index (χ2v) is 7.90. The maximum absolute atomic E-state index is 10.4. The normalized spacial score (nSPS) is 29.2. The fraction of sp³-hybridized carbons (Fsp3) is 0.625. The van der Waals surface area contributed by atoms with Crippen LogP contribution in [0.4, 0.5) is 5.82 Å². The molecule has 2 aliphatic heterocycles. The Bertz CT molecular complexity index is 901. The predicted molar refractivity (Wildman–Crippen MR) is 103 cm³/mol. The summed E-state index contributed by atoms with van der Waals surface area (Å²) in [5.74, 6) is 1.19. The standard InChI is InChI=1S/C16H24N8O4S/c1-3-4-9-20-14-10(13(17)24(9)29-16-21-19-7-22(16)2)18-6-23(14)15-12(27)11(26)8(5-25)28-15/h6-8,11-13,15,25-27H,3-5,17H2,1-2H3/t8-,11?,12?,13?,15-/m1/s1. The van der Waals surface area contributed by atoms with Crippen molar-refractivity contribution < 1.29 is 20.1 Å². The van der Waals surface area contributed by atoms with E-state index in [0.717, 1.165) is 12.3 Å². The first-order valence-corrected chi connectivity index (χ1v) is 10.1. The van der Waals surface area contributed by atoms with E-state index in [2.05, 4.69) is 15.2 Å². The minimum absolute atomic E-state index is 0.405. The molecule has 0 saturated carbocycles. The maximum Gasteiger partial charge on any atom is 0.211 e. The summed E-state index contributed by atoms with van der Waals surface area (Å²) in [6.07, 6.45) is -0.241. The van der Waals surface area contributed by atoms with Crippen molar-refractivity contribution in [1.29, 1.82) is 0 Å². The number of aryl methyl sites for hydroxylation is 1. The minimum atomic E-state index is -1.22. The summed E-state index contributed by atoms with van der Waals surface area (Å²) < 4.78 is 10.8. The third kappa shape index (κ3) is 3.43. The number of aliphatic hydroxyl groups excluding tert-OH is 3. The highest BCUT2D eigenvalue weighted by atomic mass is 32.2. The molecule has 5 N–H and O–H groups in total. The van der Waals surface area contributed by atoms with Gasteiger partial charge in [-0.15, -0.1) is 10.2 Å². The Morgan fingerprint density at radius 1 is 1.28 bits per heavy atom. The van der Waals surface area contributed by atoms with E-state index in [9.17, 15) is 15.3 Å². The quantitative estimate of drug-likeness (QED) is 0.442. The molecule has 4 rings (SSSR count). The molecule has 0 amide bonds. The lowest BCUT2D eigenvalue weighted by Crippen LogP contribution is -2.37. The number of hydrogen-bond acceptors (Lipinski definition) is 11. The average molecular weight is 424 g/mol. The molecule has 158 valence electrons. The molecule has 5 atom stereocenters. The van der Waals surface area contributed by atoms with Crippen molar-refractivity contribution in [3.05, 3.63) is 18.3 Å². The van der Waals surface area contributed by atoms with Crippen molar-refractivity contribution in [1.82, 2.24) is 28.6 Å². The highest BCUT2D eigenvalue weighted by Crippen LogP contribution is 2.41. The van der Waals surface area contributed by atoms with Crippen molar-refractivity contribution in [2.75, 3.05) is 6.61 Å². The van der Waals surface area contributed by atoms with Gasteiger partial charge >= 0.3 is 0 Å². The zero-order valence-corrected chi connectivity index (χ0v) is 16.8. The van der Waals surface area contributed by atoms with Crippen molar-refractivity contribution in [2.24, 2.45) is 17.8 Å². The molecule has 0 aromatic carbocycles. The van der Waals surface area contributed by atoms with E-state index in [1.807, 2.05) is 18.3 Å². The SMILES string of the molecule is CCCC1=Nc2c(ncn2[C@@H]2O[C@H](CO)C(O)C2O)C(N)N1Sc1nncn1C. The summed E-state index contributed by atoms with van der Waals surface area (Å²) in [4.78, 5) is 9.13. The van der Waals surface area contributed by atoms with Crippen LogP contribution in [0.2, 0.25) is 0 Å². The minimum Gasteiger partial charge on any atom is -0.394 e. The highest BCUT2D eigenvalue weighted by molar-refractivity contribution is 7.97. The number of aromatic nitrogens is 5. The van der Waals surface area contributed by atoms with Crippen LogP contribution >= 0.6 is 11.9 Å². The maximum atomic E-state index is 10.4. The molecule has 13 heteroatoms. The first-order chi connectivity index (χ1) is 14.0. The van der Waals surface area contributed by atoms with Crippen LogP contribution in [0.3, 0.4) is 0 Å². The smallest absolute Gasteiger partial charge is 0.211 e. The van der Waals surface area contributed by atoms with Gasteiger partial charge in [-0.1, -0.05) is 6.92 Å². The van der Waals surface area contributed by atoms with Crippen LogP contribution in [0, 0.1) is 0 Å². The Morgan fingerprint density at radius 2 is 2.07 bits per heavy atom. The summed E-state index contributed by atoms with van der Waals surface area (Å²) in [7, 11) is 1.84. The number of ether oxygens (including phenoxy) is 1. The van der Waals surface area contributed by atoms with Crippen LogP contribution < -0.4 is 5.73 Å². The third-order valence-electron chi connectivity index (χ3n) is 4.93. The topological polar surface area (TPSA) is 160 Å². The number of imidazole rings is 1. The molecule has 1 saturated heterocycles. The number of amidine groups is 1. The van der Waals surface area contributed by atoms with Crippen LogP contribution in [0.25, 0.3) is 0 Å². The molecule has 2 aromatic heterocycles. The third-order valence-corrected chi connectivity index (χ3v) is 6.10. The molecular weight excluding hydrogens is 400 g/mol. The molecule has 29 heavy (non-hydrogen) atoms. The van der Waals surface area contributed by atoms with Crippen LogP contribution in [0.1, 0.15) is 37.9 Å². The molecule has 2 aliphatic rings. The zero-order valence-electron chi connectivity index (χ0n) is 16.0. The Balaban J connectivity index is 1.69. The molecule has 0 spiro atoms. The number of rotatable bonds is 6. The lowest BCUT2D eigenvalue weighted by molar-refractivity contribution is -0.0520. The number of aliphatic hydroxyl groups is 3. The molecule has 0 aliphatic carbocycles. The molecule has 3 unspecified atom stereocenters. The van der Waals surface area contributed by atoms with E-state index < -0.39 is 37.3 Å². The number of nitrogens with zero attached hydrogens (tertiary/aromatic N) is 7. The number of aliphatic imine (C=N–C) groups is 1. The van der Waals surface area contributed by atoms with E-state index in [-0.39, 0.29) is 0 Å². The van der Waals surface area contributed by atoms with Gasteiger partial charge in [0.15, 0.2) is 12.0 Å². The van der Waals surface area contributed by atoms with Gasteiger partial charge in [-0.05, 0) is 6.42 Å². The van der Waals surface area contributed by atoms with Crippen molar-refractivity contribution >= 4 is 23.6 Å². The summed E-state index contributed by atoms with van der Waals surface area (Å²) in [5, 5.41) is 38.4. The lowest BCUT2D eigenvalue weighted by atomic mass is 10.1. The second-order valence-electron chi connectivity index (χ2n) is 6.95. The van der Waals surface area contributed by atoms with Gasteiger partial charge < -0.3 is 30.4 Å². The first-order valence-electron chi connectivity index (χ1n) is 9.29. The van der Waals surface area contributed by atoms with E-state index in [4.69, 9.17) is 15.5 Å². The first kappa shape index (κ1) is 20.3. The Hall–Kier alpha value is -2.03. The van der Waals surface area contributed by atoms with Crippen LogP contribution in [0.15, 0.2) is 22.8 Å². The molecule has 2 aromatic rings. The number of nitrogens with two attached hydrogens (primary N) is 1. The summed E-state index contributed by atoms with van der Waals surface area (Å²) in [6.45, 7) is 1.63. The molecule has 12 nitrogen and oxygen atoms in total. The summed E-state index contributed by atoms with van der Waals surface area (Å²) in [6, 6.07) is 0. The molecular formula is C16H24N8O4S. The van der Waals surface area contributed by atoms with E-state index in [1.54, 1.807) is 15.5 Å². The second kappa shape index (κ2) is 8.01. The van der Waals surface area contributed by atoms with E-state index in [1.165, 1.54) is 18.3 Å². The number of fused-ring (bicyclic) bond motifs is 1. The lowest BCUT2D eigenvalue weighted by Gasteiger charge is -2.32. The van der Waals surface area contributed by atoms with Gasteiger partial charge in [-0.3, -0.25) is 8.87 Å². The fourth-order valence-corrected chi connectivity index (χ4v) is 4.26. The van der Waals surface area contributed by atoms with Gasteiger partial charge in [-0.25, -0.2) is 9.98 Å². The van der Waals surface area contributed by atoms with Crippen LogP contribution in [0.5, 0.6) is 0 Å². The van der Waals surface area contributed by atoms with Crippen molar-refractivity contribution in [2.45, 2.75) is 55.6 Å².